The minimum atomic E-state index is -0.0441. The molecule has 0 saturated carbocycles. The van der Waals surface area contributed by atoms with Crippen molar-refractivity contribution in [2.75, 3.05) is 26.2 Å². The third-order valence-corrected chi connectivity index (χ3v) is 3.42. The average Bonchev–Trinajstić information content (AvgIpc) is 2.39. The van der Waals surface area contributed by atoms with Gasteiger partial charge in [-0.15, -0.1) is 24.2 Å². The molecule has 1 rings (SSSR count). The number of thiol groups is 1. The monoisotopic (exact) mass is 395 g/mol. The number of hydrogen-bond donors (Lipinski definition) is 1. The zero-order valence-electron chi connectivity index (χ0n) is 15.7. The second-order valence-electron chi connectivity index (χ2n) is 7.08. The fourth-order valence-corrected chi connectivity index (χ4v) is 2.66. The molecule has 24 heavy (non-hydrogen) atoms. The van der Waals surface area contributed by atoms with Crippen LogP contribution in [0, 0.1) is 10.7 Å². The molecule has 0 aromatic heterocycles. The first kappa shape index (κ1) is 25.8. The second kappa shape index (κ2) is 12.9. The van der Waals surface area contributed by atoms with Crippen molar-refractivity contribution >= 4 is 24.1 Å². The minimum Gasteiger partial charge on any atom is -0.655 e. The maximum atomic E-state index is 7.18. The molecular formula is C17H31N5NiS. The second-order valence-corrected chi connectivity index (χ2v) is 7.28. The first-order valence-electron chi connectivity index (χ1n) is 8.02. The van der Waals surface area contributed by atoms with Gasteiger partial charge in [0.05, 0.1) is 0 Å². The maximum Gasteiger partial charge on any atom is 2.00 e. The molecule has 0 saturated heterocycles. The van der Waals surface area contributed by atoms with Crippen molar-refractivity contribution in [2.45, 2.75) is 65.5 Å². The number of nitriles is 1. The number of rotatable bonds is 0. The van der Waals surface area contributed by atoms with Crippen molar-refractivity contribution in [3.63, 3.8) is 0 Å². The van der Waals surface area contributed by atoms with Crippen molar-refractivity contribution in [3.05, 3.63) is 10.6 Å². The van der Waals surface area contributed by atoms with Gasteiger partial charge in [-0.05, 0) is 26.7 Å². The summed E-state index contributed by atoms with van der Waals surface area (Å²) in [5, 5.41) is 18.1. The van der Waals surface area contributed by atoms with Crippen molar-refractivity contribution in [3.8, 4) is 5.40 Å². The van der Waals surface area contributed by atoms with Crippen LogP contribution in [-0.4, -0.2) is 48.7 Å². The van der Waals surface area contributed by atoms with Gasteiger partial charge in [0.15, 0.2) is 0 Å². The van der Waals surface area contributed by atoms with E-state index in [0.717, 1.165) is 39.0 Å². The Morgan fingerprint density at radius 1 is 0.917 bits per heavy atom. The van der Waals surface area contributed by atoms with Crippen LogP contribution in [0.5, 0.6) is 0 Å². The van der Waals surface area contributed by atoms with Crippen LogP contribution >= 0.6 is 12.6 Å². The van der Waals surface area contributed by atoms with Crippen LogP contribution in [0.25, 0.3) is 10.6 Å². The average molecular weight is 396 g/mol. The van der Waals surface area contributed by atoms with E-state index in [2.05, 4.69) is 64.2 Å². The molecule has 0 spiro atoms. The van der Waals surface area contributed by atoms with Crippen molar-refractivity contribution in [1.29, 1.82) is 5.26 Å². The summed E-state index contributed by atoms with van der Waals surface area (Å²) < 4.78 is 0. The van der Waals surface area contributed by atoms with E-state index < -0.39 is 0 Å². The Labute approximate surface area is 163 Å². The first-order chi connectivity index (χ1) is 10.6. The molecule has 0 bridgehead atoms. The topological polar surface area (TPSA) is 76.7 Å². The number of thiocyanates is 1. The molecule has 0 aliphatic carbocycles. The summed E-state index contributed by atoms with van der Waals surface area (Å²) in [6.07, 6.45) is 1.83. The molecule has 0 aromatic carbocycles. The van der Waals surface area contributed by atoms with E-state index in [1.807, 2.05) is 0 Å². The van der Waals surface area contributed by atoms with Gasteiger partial charge in [-0.25, -0.2) is 0 Å². The van der Waals surface area contributed by atoms with Gasteiger partial charge < -0.3 is 10.6 Å². The molecule has 0 atom stereocenters. The quantitative estimate of drug-likeness (QED) is 0.368. The van der Waals surface area contributed by atoms with E-state index in [1.165, 1.54) is 16.8 Å². The molecule has 0 aromatic rings. The van der Waals surface area contributed by atoms with E-state index in [9.17, 15) is 0 Å². The van der Waals surface area contributed by atoms with Crippen LogP contribution in [0.2, 0.25) is 0 Å². The summed E-state index contributed by atoms with van der Waals surface area (Å²) in [6.45, 7) is 16.0. The summed E-state index contributed by atoms with van der Waals surface area (Å²) in [4.78, 5) is 9.25. The first-order valence-corrected chi connectivity index (χ1v) is 8.47. The molecule has 140 valence electrons. The summed E-state index contributed by atoms with van der Waals surface area (Å²) in [6, 6.07) is 0. The van der Waals surface area contributed by atoms with Crippen LogP contribution in [0.15, 0.2) is 9.98 Å². The minimum absolute atomic E-state index is 0. The normalized spacial score (nSPS) is 21.4. The van der Waals surface area contributed by atoms with Gasteiger partial charge in [0, 0.05) is 24.5 Å². The standard InChI is InChI=1S/C16H30N4.CHNS.Ni/c1-13-11-15(3,4)19-10-8-18-14(2)12-16(5,6)20-9-7-17-13;2-1-3;/h7-12H2,1-6H3;3H;/q-2;;+2. The van der Waals surface area contributed by atoms with Crippen molar-refractivity contribution in [2.24, 2.45) is 9.98 Å². The van der Waals surface area contributed by atoms with Gasteiger partial charge in [-0.3, -0.25) is 9.98 Å². The Morgan fingerprint density at radius 2 is 1.21 bits per heavy atom. The molecular weight excluding hydrogens is 365 g/mol. The molecule has 1 heterocycles. The van der Waals surface area contributed by atoms with E-state index in [4.69, 9.17) is 15.9 Å². The zero-order valence-corrected chi connectivity index (χ0v) is 17.6. The van der Waals surface area contributed by atoms with Gasteiger partial charge in [0.1, 0.15) is 5.40 Å². The summed E-state index contributed by atoms with van der Waals surface area (Å²) in [5.41, 5.74) is 2.25. The molecule has 0 fully saturated rings. The zero-order chi connectivity index (χ0) is 17.9. The van der Waals surface area contributed by atoms with Gasteiger partial charge in [0.2, 0.25) is 0 Å². The maximum absolute atomic E-state index is 7.18. The fourth-order valence-electron chi connectivity index (χ4n) is 2.66. The van der Waals surface area contributed by atoms with Crippen molar-refractivity contribution < 1.29 is 16.5 Å². The molecule has 0 N–H and O–H groups in total. The van der Waals surface area contributed by atoms with E-state index in [0.29, 0.717) is 0 Å². The number of aliphatic imine (C=N–C) groups is 2. The van der Waals surface area contributed by atoms with Crippen molar-refractivity contribution in [1.82, 2.24) is 0 Å². The predicted octanol–water partition coefficient (Wildman–Crippen LogP) is 4.40. The Kier molecular flexibility index (Phi) is 13.9. The molecule has 7 heteroatoms. The summed E-state index contributed by atoms with van der Waals surface area (Å²) in [5.74, 6) is 0. The molecule has 0 radical (unpaired) electrons. The number of nitrogens with zero attached hydrogens (tertiary/aromatic N) is 5. The van der Waals surface area contributed by atoms with Gasteiger partial charge >= 0.3 is 16.5 Å². The Balaban J connectivity index is 0. The van der Waals surface area contributed by atoms with Crippen LogP contribution in [0.3, 0.4) is 0 Å². The van der Waals surface area contributed by atoms with Crippen LogP contribution < -0.4 is 0 Å². The van der Waals surface area contributed by atoms with Gasteiger partial charge in [-0.2, -0.15) is 5.26 Å². The summed E-state index contributed by atoms with van der Waals surface area (Å²) >= 11 is 3.09. The Hall–Kier alpha value is -0.406. The molecule has 0 unspecified atom stereocenters. The Bertz CT molecular complexity index is 416. The van der Waals surface area contributed by atoms with Gasteiger partial charge in [-0.1, -0.05) is 40.3 Å². The van der Waals surface area contributed by atoms with E-state index >= 15 is 0 Å². The molecule has 1 aliphatic rings. The van der Waals surface area contributed by atoms with E-state index in [1.54, 1.807) is 0 Å². The predicted molar refractivity (Wildman–Crippen MR) is 104 cm³/mol. The Morgan fingerprint density at radius 3 is 1.50 bits per heavy atom. The fraction of sp³-hybridized carbons (Fsp3) is 0.824. The third kappa shape index (κ3) is 14.0. The van der Waals surface area contributed by atoms with Crippen LogP contribution in [0.1, 0.15) is 54.4 Å². The molecule has 0 amide bonds. The molecule has 1 aliphatic heterocycles. The SMILES string of the molecule is CC1=NCC[N-]C(C)(C)CC(C)=NCC[N-]C(C)(C)C1.N#CS.[Ni+2]. The third-order valence-electron chi connectivity index (χ3n) is 3.42. The smallest absolute Gasteiger partial charge is 0.655 e. The largest absolute Gasteiger partial charge is 2.00 e. The summed E-state index contributed by atoms with van der Waals surface area (Å²) in [7, 11) is 0. The van der Waals surface area contributed by atoms with E-state index in [-0.39, 0.29) is 27.6 Å². The number of hydrogen-bond acceptors (Lipinski definition) is 4. The van der Waals surface area contributed by atoms with Crippen LogP contribution in [0.4, 0.5) is 0 Å². The van der Waals surface area contributed by atoms with Gasteiger partial charge in [0.25, 0.3) is 0 Å². The molecule has 5 nitrogen and oxygen atoms in total. The van der Waals surface area contributed by atoms with Crippen LogP contribution in [-0.2, 0) is 16.5 Å².